The number of rotatable bonds is 4. The zero-order valence-corrected chi connectivity index (χ0v) is 14.0. The first-order valence-electron chi connectivity index (χ1n) is 8.15. The Hall–Kier alpha value is -2.54. The van der Waals surface area contributed by atoms with E-state index in [9.17, 15) is 13.6 Å². The number of anilines is 1. The number of benzene rings is 1. The van der Waals surface area contributed by atoms with Crippen molar-refractivity contribution in [3.8, 4) is 0 Å². The summed E-state index contributed by atoms with van der Waals surface area (Å²) in [4.78, 5) is 19.7. The van der Waals surface area contributed by atoms with Gasteiger partial charge in [-0.25, -0.2) is 8.78 Å². The first-order chi connectivity index (χ1) is 12.0. The zero-order valence-electron chi connectivity index (χ0n) is 14.0. The van der Waals surface area contributed by atoms with Crippen molar-refractivity contribution in [2.75, 3.05) is 31.1 Å². The molecular formula is C18H20F2N4O. The highest BCUT2D eigenvalue weighted by molar-refractivity contribution is 5.98. The van der Waals surface area contributed by atoms with E-state index in [1.807, 2.05) is 6.92 Å². The van der Waals surface area contributed by atoms with Gasteiger partial charge in [0.1, 0.15) is 11.6 Å². The summed E-state index contributed by atoms with van der Waals surface area (Å²) in [5.74, 6) is -1.61. The Kier molecular flexibility index (Phi) is 4.94. The average molecular weight is 346 g/mol. The molecule has 1 aliphatic heterocycles. The molecule has 0 saturated carbocycles. The molecule has 1 aliphatic rings. The van der Waals surface area contributed by atoms with Crippen molar-refractivity contribution in [2.45, 2.75) is 13.0 Å². The van der Waals surface area contributed by atoms with Crippen molar-refractivity contribution >= 4 is 11.6 Å². The maximum atomic E-state index is 14.0. The first kappa shape index (κ1) is 17.3. The molecule has 0 radical (unpaired) electrons. The van der Waals surface area contributed by atoms with Crippen LogP contribution in [0.1, 0.15) is 28.9 Å². The van der Waals surface area contributed by atoms with E-state index >= 15 is 0 Å². The Labute approximate surface area is 145 Å². The van der Waals surface area contributed by atoms with Crippen molar-refractivity contribution in [1.29, 1.82) is 0 Å². The maximum Gasteiger partial charge on any atom is 0.252 e. The molecule has 0 aliphatic carbocycles. The first-order valence-corrected chi connectivity index (χ1v) is 8.15. The van der Waals surface area contributed by atoms with Crippen molar-refractivity contribution in [1.82, 2.24) is 9.88 Å². The fourth-order valence-electron chi connectivity index (χ4n) is 3.24. The van der Waals surface area contributed by atoms with E-state index in [1.54, 1.807) is 12.3 Å². The van der Waals surface area contributed by atoms with Crippen molar-refractivity contribution in [3.05, 3.63) is 59.4 Å². The van der Waals surface area contributed by atoms with E-state index in [0.717, 1.165) is 11.8 Å². The molecule has 5 nitrogen and oxygen atoms in total. The zero-order chi connectivity index (χ0) is 18.0. The number of nitrogens with zero attached hydrogens (tertiary/aromatic N) is 3. The smallest absolute Gasteiger partial charge is 0.252 e. The van der Waals surface area contributed by atoms with E-state index in [-0.39, 0.29) is 6.04 Å². The molecule has 1 amide bonds. The summed E-state index contributed by atoms with van der Waals surface area (Å²) in [5, 5.41) is 0. The molecule has 0 spiro atoms. The van der Waals surface area contributed by atoms with Crippen LogP contribution < -0.4 is 10.6 Å². The number of pyridine rings is 1. The highest BCUT2D eigenvalue weighted by Gasteiger charge is 2.25. The average Bonchev–Trinajstić information content (AvgIpc) is 2.61. The largest absolute Gasteiger partial charge is 0.368 e. The van der Waals surface area contributed by atoms with Gasteiger partial charge in [0.15, 0.2) is 0 Å². The Balaban J connectivity index is 1.71. The minimum atomic E-state index is -0.574. The normalized spacial score (nSPS) is 16.7. The van der Waals surface area contributed by atoms with Gasteiger partial charge in [0.05, 0.1) is 11.3 Å². The number of carbonyl (C=O) groups is 1. The van der Waals surface area contributed by atoms with Crippen molar-refractivity contribution < 1.29 is 13.6 Å². The van der Waals surface area contributed by atoms with Crippen molar-refractivity contribution in [3.63, 3.8) is 0 Å². The molecular weight excluding hydrogens is 326 g/mol. The van der Waals surface area contributed by atoms with Gasteiger partial charge in [0.25, 0.3) is 5.91 Å². The molecule has 0 bridgehead atoms. The second-order valence-electron chi connectivity index (χ2n) is 6.12. The number of aromatic nitrogens is 1. The summed E-state index contributed by atoms with van der Waals surface area (Å²) >= 11 is 0. The fraction of sp³-hybridized carbons (Fsp3) is 0.333. The molecule has 132 valence electrons. The third-order valence-electron chi connectivity index (χ3n) is 4.68. The second kappa shape index (κ2) is 7.14. The van der Waals surface area contributed by atoms with Gasteiger partial charge in [-0.15, -0.1) is 0 Å². The SMILES string of the molecule is CC(c1ccc(F)cc1F)N1CCN(c2ccncc2C(N)=O)CC1. The lowest BCUT2D eigenvalue weighted by atomic mass is 10.0. The van der Waals surface area contributed by atoms with Crippen LogP contribution in [0.3, 0.4) is 0 Å². The number of amides is 1. The molecule has 2 heterocycles. The molecule has 2 N–H and O–H groups in total. The van der Waals surface area contributed by atoms with Crippen molar-refractivity contribution in [2.24, 2.45) is 5.73 Å². The number of hydrogen-bond acceptors (Lipinski definition) is 4. The van der Waals surface area contributed by atoms with E-state index in [1.165, 1.54) is 18.3 Å². The van der Waals surface area contributed by atoms with Gasteiger partial charge in [-0.2, -0.15) is 0 Å². The summed E-state index contributed by atoms with van der Waals surface area (Å²) in [5.41, 5.74) is 7.06. The van der Waals surface area contributed by atoms with Crippen LogP contribution >= 0.6 is 0 Å². The Bertz CT molecular complexity index is 775. The molecule has 3 rings (SSSR count). The van der Waals surface area contributed by atoms with E-state index < -0.39 is 17.5 Å². The monoisotopic (exact) mass is 346 g/mol. The molecule has 1 atom stereocenters. The number of hydrogen-bond donors (Lipinski definition) is 1. The van der Waals surface area contributed by atoms with Crippen LogP contribution in [0.2, 0.25) is 0 Å². The number of primary amides is 1. The lowest BCUT2D eigenvalue weighted by Crippen LogP contribution is -2.47. The number of piperazine rings is 1. The summed E-state index contributed by atoms with van der Waals surface area (Å²) in [6, 6.07) is 5.31. The molecule has 25 heavy (non-hydrogen) atoms. The van der Waals surface area contributed by atoms with Crippen LogP contribution in [0, 0.1) is 11.6 Å². The predicted octanol–water partition coefficient (Wildman–Crippen LogP) is 2.34. The summed E-state index contributed by atoms with van der Waals surface area (Å²) in [7, 11) is 0. The van der Waals surface area contributed by atoms with Gasteiger partial charge >= 0.3 is 0 Å². The van der Waals surface area contributed by atoms with E-state index in [0.29, 0.717) is 37.3 Å². The minimum absolute atomic E-state index is 0.157. The van der Waals surface area contributed by atoms with Crippen LogP contribution in [-0.2, 0) is 0 Å². The quantitative estimate of drug-likeness (QED) is 0.923. The van der Waals surface area contributed by atoms with Crippen LogP contribution in [0.15, 0.2) is 36.7 Å². The lowest BCUT2D eigenvalue weighted by molar-refractivity contribution is 0.1000. The van der Waals surface area contributed by atoms with Crippen LogP contribution in [0.5, 0.6) is 0 Å². The lowest BCUT2D eigenvalue weighted by Gasteiger charge is -2.39. The number of halogens is 2. The maximum absolute atomic E-state index is 14.0. The van der Waals surface area contributed by atoms with Gasteiger partial charge in [0, 0.05) is 56.2 Å². The van der Waals surface area contributed by atoms with E-state index in [2.05, 4.69) is 14.8 Å². The Morgan fingerprint density at radius 1 is 1.20 bits per heavy atom. The Morgan fingerprint density at radius 2 is 1.92 bits per heavy atom. The topological polar surface area (TPSA) is 62.5 Å². The standard InChI is InChI=1S/C18H20F2N4O/c1-12(14-3-2-13(19)10-16(14)20)23-6-8-24(9-7-23)17-4-5-22-11-15(17)18(21)25/h2-5,10-12H,6-9H2,1H3,(H2,21,25). The molecule has 1 saturated heterocycles. The van der Waals surface area contributed by atoms with Crippen LogP contribution in [0.4, 0.5) is 14.5 Å². The molecule has 2 aromatic rings. The predicted molar refractivity (Wildman–Crippen MR) is 91.3 cm³/mol. The third-order valence-corrected chi connectivity index (χ3v) is 4.68. The van der Waals surface area contributed by atoms with Gasteiger partial charge in [-0.3, -0.25) is 14.7 Å². The van der Waals surface area contributed by atoms with Crippen LogP contribution in [0.25, 0.3) is 0 Å². The van der Waals surface area contributed by atoms with Gasteiger partial charge in [0.2, 0.25) is 0 Å². The van der Waals surface area contributed by atoms with E-state index in [4.69, 9.17) is 5.73 Å². The number of carbonyl (C=O) groups excluding carboxylic acids is 1. The molecule has 1 aromatic carbocycles. The minimum Gasteiger partial charge on any atom is -0.368 e. The Morgan fingerprint density at radius 3 is 2.56 bits per heavy atom. The number of nitrogens with two attached hydrogens (primary N) is 1. The highest BCUT2D eigenvalue weighted by atomic mass is 19.1. The summed E-state index contributed by atoms with van der Waals surface area (Å²) < 4.78 is 27.1. The molecule has 1 aromatic heterocycles. The van der Waals surface area contributed by atoms with Gasteiger partial charge in [-0.05, 0) is 19.1 Å². The molecule has 1 fully saturated rings. The summed E-state index contributed by atoms with van der Waals surface area (Å²) in [6.45, 7) is 4.65. The van der Waals surface area contributed by atoms with Gasteiger partial charge in [-0.1, -0.05) is 6.07 Å². The highest BCUT2D eigenvalue weighted by Crippen LogP contribution is 2.27. The summed E-state index contributed by atoms with van der Waals surface area (Å²) in [6.07, 6.45) is 3.10. The van der Waals surface area contributed by atoms with Crippen LogP contribution in [-0.4, -0.2) is 42.0 Å². The second-order valence-corrected chi connectivity index (χ2v) is 6.12. The molecule has 1 unspecified atom stereocenters. The molecule has 7 heteroatoms. The fourth-order valence-corrected chi connectivity index (χ4v) is 3.24. The third kappa shape index (κ3) is 3.61. The van der Waals surface area contributed by atoms with Gasteiger partial charge < -0.3 is 10.6 Å².